The van der Waals surface area contributed by atoms with Crippen LogP contribution >= 0.6 is 0 Å². The fourth-order valence-corrected chi connectivity index (χ4v) is 4.12. The van der Waals surface area contributed by atoms with Crippen LogP contribution in [0.5, 0.6) is 0 Å². The molecule has 0 aromatic heterocycles. The summed E-state index contributed by atoms with van der Waals surface area (Å²) < 4.78 is 5.25. The van der Waals surface area contributed by atoms with Crippen molar-refractivity contribution in [2.45, 2.75) is 50.6 Å². The zero-order valence-corrected chi connectivity index (χ0v) is 11.2. The van der Waals surface area contributed by atoms with E-state index in [2.05, 4.69) is 12.2 Å². The minimum atomic E-state index is -0.786. The lowest BCUT2D eigenvalue weighted by Gasteiger charge is -2.31. The topological polar surface area (TPSA) is 64.4 Å². The molecule has 2 bridgehead atoms. The SMILES string of the molecule is CC(NC(=O)C1(N)CCOC1)C1CC2CCC1C2. The summed E-state index contributed by atoms with van der Waals surface area (Å²) in [5, 5.41) is 3.15. The van der Waals surface area contributed by atoms with Crippen molar-refractivity contribution in [1.29, 1.82) is 0 Å². The first-order chi connectivity index (χ1) is 8.58. The van der Waals surface area contributed by atoms with Crippen molar-refractivity contribution in [3.05, 3.63) is 0 Å². The number of amides is 1. The second kappa shape index (κ2) is 4.49. The summed E-state index contributed by atoms with van der Waals surface area (Å²) in [5.74, 6) is 2.40. The third-order valence-corrected chi connectivity index (χ3v) is 5.30. The van der Waals surface area contributed by atoms with Gasteiger partial charge in [-0.05, 0) is 50.4 Å². The van der Waals surface area contributed by atoms with Gasteiger partial charge in [-0.25, -0.2) is 0 Å². The average Bonchev–Trinajstić information content (AvgIpc) is 3.04. The Morgan fingerprint density at radius 2 is 2.28 bits per heavy atom. The number of fused-ring (bicyclic) bond motifs is 2. The normalized spacial score (nSPS) is 44.2. The summed E-state index contributed by atoms with van der Waals surface area (Å²) in [6, 6.07) is 0.258. The van der Waals surface area contributed by atoms with Crippen LogP contribution in [0, 0.1) is 17.8 Å². The molecule has 4 nitrogen and oxygen atoms in total. The third kappa shape index (κ3) is 2.05. The fraction of sp³-hybridized carbons (Fsp3) is 0.929. The Bertz CT molecular complexity index is 339. The Labute approximate surface area is 109 Å². The van der Waals surface area contributed by atoms with Crippen LogP contribution in [0.15, 0.2) is 0 Å². The second-order valence-corrected chi connectivity index (χ2v) is 6.56. The van der Waals surface area contributed by atoms with Gasteiger partial charge in [-0.2, -0.15) is 0 Å². The van der Waals surface area contributed by atoms with Gasteiger partial charge in [0, 0.05) is 12.6 Å². The summed E-state index contributed by atoms with van der Waals surface area (Å²) in [5.41, 5.74) is 5.30. The first-order valence-corrected chi connectivity index (χ1v) is 7.26. The lowest BCUT2D eigenvalue weighted by molar-refractivity contribution is -0.127. The van der Waals surface area contributed by atoms with E-state index in [1.54, 1.807) is 0 Å². The average molecular weight is 252 g/mol. The maximum absolute atomic E-state index is 12.2. The molecule has 0 aromatic carbocycles. The predicted molar refractivity (Wildman–Crippen MR) is 68.9 cm³/mol. The molecule has 2 saturated carbocycles. The van der Waals surface area contributed by atoms with Crippen molar-refractivity contribution in [3.8, 4) is 0 Å². The molecule has 102 valence electrons. The Balaban J connectivity index is 1.57. The van der Waals surface area contributed by atoms with Gasteiger partial charge in [0.05, 0.1) is 6.61 Å². The lowest BCUT2D eigenvalue weighted by atomic mass is 9.83. The molecule has 18 heavy (non-hydrogen) atoms. The fourth-order valence-electron chi connectivity index (χ4n) is 4.12. The van der Waals surface area contributed by atoms with E-state index in [4.69, 9.17) is 10.5 Å². The van der Waals surface area contributed by atoms with E-state index in [0.717, 1.165) is 11.8 Å². The summed E-state index contributed by atoms with van der Waals surface area (Å²) in [6.07, 6.45) is 6.06. The van der Waals surface area contributed by atoms with Gasteiger partial charge < -0.3 is 15.8 Å². The summed E-state index contributed by atoms with van der Waals surface area (Å²) in [4.78, 5) is 12.2. The number of ether oxygens (including phenoxy) is 1. The molecule has 0 spiro atoms. The van der Waals surface area contributed by atoms with Crippen molar-refractivity contribution in [2.75, 3.05) is 13.2 Å². The molecule has 1 heterocycles. The van der Waals surface area contributed by atoms with Crippen LogP contribution in [0.2, 0.25) is 0 Å². The standard InChI is InChI=1S/C14H24N2O2/c1-9(12-7-10-2-3-11(12)6-10)16-13(17)14(15)4-5-18-8-14/h9-12H,2-8,15H2,1H3,(H,16,17). The lowest BCUT2D eigenvalue weighted by Crippen LogP contribution is -2.57. The predicted octanol–water partition coefficient (Wildman–Crippen LogP) is 1.05. The summed E-state index contributed by atoms with van der Waals surface area (Å²) >= 11 is 0. The number of nitrogens with two attached hydrogens (primary N) is 1. The van der Waals surface area contributed by atoms with Gasteiger partial charge in [-0.3, -0.25) is 4.79 Å². The zero-order chi connectivity index (χ0) is 12.8. The molecule has 1 amide bonds. The molecule has 4 heteroatoms. The van der Waals surface area contributed by atoms with E-state index in [0.29, 0.717) is 25.6 Å². The van der Waals surface area contributed by atoms with Crippen LogP contribution < -0.4 is 11.1 Å². The number of nitrogens with one attached hydrogen (secondary N) is 1. The number of rotatable bonds is 3. The molecule has 2 aliphatic carbocycles. The molecular weight excluding hydrogens is 228 g/mol. The molecule has 0 radical (unpaired) electrons. The van der Waals surface area contributed by atoms with E-state index in [1.165, 1.54) is 25.7 Å². The molecule has 3 rings (SSSR count). The highest BCUT2D eigenvalue weighted by atomic mass is 16.5. The molecule has 0 aromatic rings. The Kier molecular flexibility index (Phi) is 3.10. The molecule has 3 N–H and O–H groups in total. The molecule has 1 aliphatic heterocycles. The van der Waals surface area contributed by atoms with Gasteiger partial charge >= 0.3 is 0 Å². The van der Waals surface area contributed by atoms with Crippen LogP contribution in [0.4, 0.5) is 0 Å². The van der Waals surface area contributed by atoms with E-state index in [-0.39, 0.29) is 11.9 Å². The molecule has 5 unspecified atom stereocenters. The highest BCUT2D eigenvalue weighted by Crippen LogP contribution is 2.49. The Hall–Kier alpha value is -0.610. The first kappa shape index (κ1) is 12.4. The van der Waals surface area contributed by atoms with Gasteiger partial charge in [-0.1, -0.05) is 6.42 Å². The van der Waals surface area contributed by atoms with E-state index in [1.807, 2.05) is 0 Å². The van der Waals surface area contributed by atoms with E-state index >= 15 is 0 Å². The van der Waals surface area contributed by atoms with Crippen molar-refractivity contribution < 1.29 is 9.53 Å². The van der Waals surface area contributed by atoms with Crippen LogP contribution in [0.1, 0.15) is 39.0 Å². The quantitative estimate of drug-likeness (QED) is 0.789. The summed E-state index contributed by atoms with van der Waals surface area (Å²) in [6.45, 7) is 3.11. The summed E-state index contributed by atoms with van der Waals surface area (Å²) in [7, 11) is 0. The van der Waals surface area contributed by atoms with Gasteiger partial charge in [-0.15, -0.1) is 0 Å². The van der Waals surface area contributed by atoms with Crippen LogP contribution in [-0.4, -0.2) is 30.7 Å². The number of carbonyl (C=O) groups excluding carboxylic acids is 1. The van der Waals surface area contributed by atoms with Crippen LogP contribution in [0.25, 0.3) is 0 Å². The third-order valence-electron chi connectivity index (χ3n) is 5.30. The largest absolute Gasteiger partial charge is 0.379 e. The number of carbonyl (C=O) groups is 1. The van der Waals surface area contributed by atoms with Gasteiger partial charge in [0.2, 0.25) is 5.91 Å². The van der Waals surface area contributed by atoms with E-state index in [9.17, 15) is 4.79 Å². The van der Waals surface area contributed by atoms with Gasteiger partial charge in [0.25, 0.3) is 0 Å². The molecule has 3 fully saturated rings. The number of hydrogen-bond donors (Lipinski definition) is 2. The van der Waals surface area contributed by atoms with Crippen LogP contribution in [0.3, 0.4) is 0 Å². The highest BCUT2D eigenvalue weighted by molar-refractivity contribution is 5.86. The van der Waals surface area contributed by atoms with Crippen molar-refractivity contribution >= 4 is 5.91 Å². The van der Waals surface area contributed by atoms with Crippen LogP contribution in [-0.2, 0) is 9.53 Å². The first-order valence-electron chi connectivity index (χ1n) is 7.26. The smallest absolute Gasteiger partial charge is 0.242 e. The molecular formula is C14H24N2O2. The highest BCUT2D eigenvalue weighted by Gasteiger charge is 2.44. The minimum absolute atomic E-state index is 0.0183. The molecule has 5 atom stereocenters. The Morgan fingerprint density at radius 3 is 2.83 bits per heavy atom. The molecule has 3 aliphatic rings. The van der Waals surface area contributed by atoms with Gasteiger partial charge in [0.1, 0.15) is 5.54 Å². The monoisotopic (exact) mass is 252 g/mol. The second-order valence-electron chi connectivity index (χ2n) is 6.56. The minimum Gasteiger partial charge on any atom is -0.379 e. The van der Waals surface area contributed by atoms with Crippen molar-refractivity contribution in [3.63, 3.8) is 0 Å². The Morgan fingerprint density at radius 1 is 1.44 bits per heavy atom. The van der Waals surface area contributed by atoms with Crippen molar-refractivity contribution in [2.24, 2.45) is 23.5 Å². The van der Waals surface area contributed by atoms with Gasteiger partial charge in [0.15, 0.2) is 0 Å². The maximum atomic E-state index is 12.2. The van der Waals surface area contributed by atoms with Crippen molar-refractivity contribution in [1.82, 2.24) is 5.32 Å². The number of hydrogen-bond acceptors (Lipinski definition) is 3. The van der Waals surface area contributed by atoms with E-state index < -0.39 is 5.54 Å². The zero-order valence-electron chi connectivity index (χ0n) is 11.2. The maximum Gasteiger partial charge on any atom is 0.242 e. The molecule has 1 saturated heterocycles.